The molecule has 0 spiro atoms. The smallest absolute Gasteiger partial charge is 0.242 e. The van der Waals surface area contributed by atoms with Crippen LogP contribution in [0.25, 0.3) is 0 Å². The number of nitrogens with zero attached hydrogens (tertiary/aromatic N) is 2. The molecule has 0 radical (unpaired) electrons. The van der Waals surface area contributed by atoms with Crippen molar-refractivity contribution < 1.29 is 18.0 Å². The van der Waals surface area contributed by atoms with Crippen LogP contribution in [-0.4, -0.2) is 50.0 Å². The number of rotatable bonds is 12. The van der Waals surface area contributed by atoms with Gasteiger partial charge in [-0.25, -0.2) is 8.42 Å². The highest BCUT2D eigenvalue weighted by Crippen LogP contribution is 2.25. The highest BCUT2D eigenvalue weighted by Gasteiger charge is 2.27. The van der Waals surface area contributed by atoms with Crippen LogP contribution in [0.2, 0.25) is 0 Å². The molecule has 198 valence electrons. The fourth-order valence-electron chi connectivity index (χ4n) is 3.93. The molecule has 8 heteroatoms. The number of sulfonamides is 1. The van der Waals surface area contributed by atoms with Gasteiger partial charge in [0.1, 0.15) is 6.04 Å². The second-order valence-corrected chi connectivity index (χ2v) is 11.6. The first kappa shape index (κ1) is 29.4. The third kappa shape index (κ3) is 8.08. The predicted molar refractivity (Wildman–Crippen MR) is 146 cm³/mol. The van der Waals surface area contributed by atoms with E-state index in [2.05, 4.69) is 5.32 Å². The third-order valence-corrected chi connectivity index (χ3v) is 7.82. The lowest BCUT2D eigenvalue weighted by Gasteiger charge is -2.30. The molecule has 0 heterocycles. The molecule has 0 saturated heterocycles. The number of aryl methyl sites for hydroxylation is 2. The highest BCUT2D eigenvalue weighted by atomic mass is 32.2. The van der Waals surface area contributed by atoms with Crippen LogP contribution in [0, 0.1) is 20.8 Å². The maximum absolute atomic E-state index is 13.4. The summed E-state index contributed by atoms with van der Waals surface area (Å²) in [6, 6.07) is 12.8. The minimum absolute atomic E-state index is 0.0113. The van der Waals surface area contributed by atoms with Crippen LogP contribution in [0.5, 0.6) is 0 Å². The van der Waals surface area contributed by atoms with Crippen LogP contribution in [0.4, 0.5) is 5.69 Å². The molecule has 0 unspecified atom stereocenters. The van der Waals surface area contributed by atoms with Crippen molar-refractivity contribution >= 4 is 27.5 Å². The molecule has 0 saturated carbocycles. The third-order valence-electron chi connectivity index (χ3n) is 6.64. The van der Waals surface area contributed by atoms with E-state index in [4.69, 9.17) is 0 Å². The lowest BCUT2D eigenvalue weighted by Crippen LogP contribution is -2.49. The molecular weight excluding hydrogens is 474 g/mol. The zero-order valence-corrected chi connectivity index (χ0v) is 23.5. The van der Waals surface area contributed by atoms with Crippen molar-refractivity contribution in [2.24, 2.45) is 0 Å². The molecule has 0 fully saturated rings. The van der Waals surface area contributed by atoms with Crippen molar-refractivity contribution in [2.45, 2.75) is 79.4 Å². The minimum Gasteiger partial charge on any atom is -0.352 e. The van der Waals surface area contributed by atoms with Gasteiger partial charge < -0.3 is 10.2 Å². The van der Waals surface area contributed by atoms with Gasteiger partial charge in [0.2, 0.25) is 21.8 Å². The Morgan fingerprint density at radius 2 is 1.64 bits per heavy atom. The molecule has 0 aliphatic carbocycles. The Hall–Kier alpha value is -2.87. The number of hydrogen-bond donors (Lipinski definition) is 1. The molecule has 2 rings (SSSR count). The number of hydrogen-bond acceptors (Lipinski definition) is 4. The van der Waals surface area contributed by atoms with Gasteiger partial charge in [0.25, 0.3) is 0 Å². The summed E-state index contributed by atoms with van der Waals surface area (Å²) in [7, 11) is -3.53. The summed E-state index contributed by atoms with van der Waals surface area (Å²) < 4.78 is 26.5. The summed E-state index contributed by atoms with van der Waals surface area (Å²) in [5.41, 5.74) is 4.58. The summed E-state index contributed by atoms with van der Waals surface area (Å²) in [5, 5.41) is 2.97. The van der Waals surface area contributed by atoms with E-state index < -0.39 is 16.1 Å². The summed E-state index contributed by atoms with van der Waals surface area (Å²) in [6.07, 6.45) is 2.44. The number of nitrogens with one attached hydrogen (secondary N) is 1. The first-order valence-electron chi connectivity index (χ1n) is 12.5. The van der Waals surface area contributed by atoms with E-state index >= 15 is 0 Å². The lowest BCUT2D eigenvalue weighted by atomic mass is 10.1. The maximum Gasteiger partial charge on any atom is 0.242 e. The van der Waals surface area contributed by atoms with Gasteiger partial charge in [0.05, 0.1) is 11.9 Å². The largest absolute Gasteiger partial charge is 0.352 e. The van der Waals surface area contributed by atoms with Gasteiger partial charge in [0.15, 0.2) is 0 Å². The second-order valence-electron chi connectivity index (χ2n) is 9.66. The van der Waals surface area contributed by atoms with Crippen molar-refractivity contribution in [3.05, 3.63) is 64.7 Å². The molecule has 7 nitrogen and oxygen atoms in total. The average molecular weight is 516 g/mol. The van der Waals surface area contributed by atoms with E-state index in [-0.39, 0.29) is 30.8 Å². The Labute approximate surface area is 216 Å². The Balaban J connectivity index is 2.20. The molecular formula is C28H41N3O4S. The van der Waals surface area contributed by atoms with Crippen molar-refractivity contribution in [3.8, 4) is 0 Å². The standard InChI is InChI=1S/C28H41N3O4S/c1-8-22(4)29-28(33)24(6)30(19-25-16-14-20(2)15-17-25)27(32)13-10-18-31(36(7,34)35)26-12-9-11-21(3)23(26)5/h9,11-12,14-17,22,24H,8,10,13,18-19H2,1-7H3,(H,29,33)/t22-,24-/m1/s1. The SMILES string of the molecule is CC[C@@H](C)NC(=O)[C@@H](C)N(Cc1ccc(C)cc1)C(=O)CCCN(c1cccc(C)c1C)S(C)(=O)=O. The Morgan fingerprint density at radius 3 is 2.22 bits per heavy atom. The molecule has 2 amide bonds. The number of anilines is 1. The Kier molecular flexibility index (Phi) is 10.5. The van der Waals surface area contributed by atoms with Gasteiger partial charge in [-0.05, 0) is 70.2 Å². The zero-order chi connectivity index (χ0) is 27.0. The second kappa shape index (κ2) is 12.9. The first-order chi connectivity index (χ1) is 16.8. The number of carbonyl (C=O) groups is 2. The molecule has 0 aromatic heterocycles. The predicted octanol–water partition coefficient (Wildman–Crippen LogP) is 4.49. The molecule has 1 N–H and O–H groups in total. The van der Waals surface area contributed by atoms with Crippen LogP contribution in [0.3, 0.4) is 0 Å². The molecule has 36 heavy (non-hydrogen) atoms. The average Bonchev–Trinajstić information content (AvgIpc) is 2.82. The van der Waals surface area contributed by atoms with E-state index in [0.29, 0.717) is 18.7 Å². The van der Waals surface area contributed by atoms with E-state index in [9.17, 15) is 18.0 Å². The highest BCUT2D eigenvalue weighted by molar-refractivity contribution is 7.92. The van der Waals surface area contributed by atoms with E-state index in [1.807, 2.05) is 71.0 Å². The molecule has 0 aliphatic heterocycles. The molecule has 2 atom stereocenters. The molecule has 0 bridgehead atoms. The normalized spacial score (nSPS) is 13.1. The van der Waals surface area contributed by atoms with Crippen molar-refractivity contribution in [3.63, 3.8) is 0 Å². The Bertz CT molecular complexity index is 1150. The Morgan fingerprint density at radius 1 is 1.00 bits per heavy atom. The number of benzene rings is 2. The van der Waals surface area contributed by atoms with Gasteiger partial charge in [-0.2, -0.15) is 0 Å². The van der Waals surface area contributed by atoms with Crippen LogP contribution < -0.4 is 9.62 Å². The van der Waals surface area contributed by atoms with Crippen LogP contribution in [-0.2, 0) is 26.2 Å². The van der Waals surface area contributed by atoms with Gasteiger partial charge in [0, 0.05) is 25.6 Å². The van der Waals surface area contributed by atoms with Crippen LogP contribution >= 0.6 is 0 Å². The van der Waals surface area contributed by atoms with E-state index in [0.717, 1.165) is 28.7 Å². The van der Waals surface area contributed by atoms with Crippen molar-refractivity contribution in [1.82, 2.24) is 10.2 Å². The fourth-order valence-corrected chi connectivity index (χ4v) is 4.94. The number of carbonyl (C=O) groups excluding carboxylic acids is 2. The van der Waals surface area contributed by atoms with E-state index in [1.165, 1.54) is 10.6 Å². The van der Waals surface area contributed by atoms with Gasteiger partial charge in [-0.1, -0.05) is 48.9 Å². The molecule has 2 aromatic carbocycles. The minimum atomic E-state index is -3.53. The molecule has 0 aliphatic rings. The monoisotopic (exact) mass is 515 g/mol. The van der Waals surface area contributed by atoms with Gasteiger partial charge in [-0.3, -0.25) is 13.9 Å². The zero-order valence-electron chi connectivity index (χ0n) is 22.7. The maximum atomic E-state index is 13.4. The summed E-state index contributed by atoms with van der Waals surface area (Å²) >= 11 is 0. The van der Waals surface area contributed by atoms with Crippen molar-refractivity contribution in [1.29, 1.82) is 0 Å². The van der Waals surface area contributed by atoms with Crippen LogP contribution in [0.1, 0.15) is 62.3 Å². The summed E-state index contributed by atoms with van der Waals surface area (Å²) in [4.78, 5) is 27.8. The summed E-state index contributed by atoms with van der Waals surface area (Å²) in [5.74, 6) is -0.380. The lowest BCUT2D eigenvalue weighted by molar-refractivity contribution is -0.140. The fraction of sp³-hybridized carbons (Fsp3) is 0.500. The summed E-state index contributed by atoms with van der Waals surface area (Å²) in [6.45, 7) is 12.0. The van der Waals surface area contributed by atoms with Crippen molar-refractivity contribution in [2.75, 3.05) is 17.1 Å². The van der Waals surface area contributed by atoms with Gasteiger partial charge in [-0.15, -0.1) is 0 Å². The molecule has 2 aromatic rings. The quantitative estimate of drug-likeness (QED) is 0.451. The van der Waals surface area contributed by atoms with Crippen LogP contribution in [0.15, 0.2) is 42.5 Å². The topological polar surface area (TPSA) is 86.8 Å². The first-order valence-corrected chi connectivity index (χ1v) is 14.4. The van der Waals surface area contributed by atoms with Gasteiger partial charge >= 0.3 is 0 Å². The van der Waals surface area contributed by atoms with E-state index in [1.54, 1.807) is 17.9 Å². The number of amides is 2.